The Hall–Kier alpha value is -1.43. The summed E-state index contributed by atoms with van der Waals surface area (Å²) in [5, 5.41) is 7.96. The monoisotopic (exact) mass is 253 g/mol. The minimum atomic E-state index is -0.524. The SMILES string of the molecule is Cc1c(C(=O)OC(C)(C)C)nnn1C1CCOC1. The van der Waals surface area contributed by atoms with Gasteiger partial charge in [-0.1, -0.05) is 5.21 Å². The second-order valence-electron chi connectivity index (χ2n) is 5.49. The molecular formula is C12H19N3O3. The number of carbonyl (C=O) groups excluding carboxylic acids is 1. The second kappa shape index (κ2) is 4.68. The van der Waals surface area contributed by atoms with Crippen molar-refractivity contribution in [3.63, 3.8) is 0 Å². The molecule has 1 unspecified atom stereocenters. The molecule has 1 atom stereocenters. The Bertz CT molecular complexity index is 442. The van der Waals surface area contributed by atoms with Crippen molar-refractivity contribution < 1.29 is 14.3 Å². The van der Waals surface area contributed by atoms with Gasteiger partial charge >= 0.3 is 5.97 Å². The maximum absolute atomic E-state index is 11.9. The quantitative estimate of drug-likeness (QED) is 0.747. The molecule has 1 aromatic heterocycles. The number of hydrogen-bond donors (Lipinski definition) is 0. The molecule has 2 heterocycles. The molecule has 2 rings (SSSR count). The molecule has 100 valence electrons. The molecule has 0 aromatic carbocycles. The average Bonchev–Trinajstić information content (AvgIpc) is 2.82. The Morgan fingerprint density at radius 3 is 2.78 bits per heavy atom. The van der Waals surface area contributed by atoms with Gasteiger partial charge in [0.2, 0.25) is 0 Å². The third-order valence-electron chi connectivity index (χ3n) is 2.77. The molecule has 1 aliphatic heterocycles. The number of ether oxygens (including phenoxy) is 2. The maximum atomic E-state index is 11.9. The first kappa shape index (κ1) is 13.0. The van der Waals surface area contributed by atoms with Crippen LogP contribution in [-0.2, 0) is 9.47 Å². The zero-order valence-electron chi connectivity index (χ0n) is 11.3. The molecule has 0 N–H and O–H groups in total. The first-order valence-electron chi connectivity index (χ1n) is 6.11. The first-order chi connectivity index (χ1) is 8.38. The molecule has 6 heteroatoms. The lowest BCUT2D eigenvalue weighted by atomic mass is 10.2. The summed E-state index contributed by atoms with van der Waals surface area (Å²) in [5.41, 5.74) is 0.501. The molecule has 18 heavy (non-hydrogen) atoms. The van der Waals surface area contributed by atoms with Crippen molar-refractivity contribution in [2.45, 2.75) is 45.8 Å². The van der Waals surface area contributed by atoms with Crippen molar-refractivity contribution in [2.24, 2.45) is 0 Å². The normalized spacial score (nSPS) is 20.1. The van der Waals surface area contributed by atoms with Gasteiger partial charge in [0.25, 0.3) is 0 Å². The van der Waals surface area contributed by atoms with Crippen LogP contribution < -0.4 is 0 Å². The number of nitrogens with zero attached hydrogens (tertiary/aromatic N) is 3. The van der Waals surface area contributed by atoms with Crippen LogP contribution in [0.3, 0.4) is 0 Å². The van der Waals surface area contributed by atoms with E-state index >= 15 is 0 Å². The van der Waals surface area contributed by atoms with E-state index in [9.17, 15) is 4.79 Å². The lowest BCUT2D eigenvalue weighted by Crippen LogP contribution is -2.24. The molecule has 1 saturated heterocycles. The van der Waals surface area contributed by atoms with Crippen LogP contribution in [0.1, 0.15) is 49.4 Å². The summed E-state index contributed by atoms with van der Waals surface area (Å²) < 4.78 is 12.4. The number of esters is 1. The van der Waals surface area contributed by atoms with E-state index in [1.165, 1.54) is 0 Å². The third kappa shape index (κ3) is 2.69. The molecule has 0 bridgehead atoms. The molecule has 6 nitrogen and oxygen atoms in total. The standard InChI is InChI=1S/C12H19N3O3/c1-8-10(11(16)18-12(2,3)4)13-14-15(8)9-5-6-17-7-9/h9H,5-7H2,1-4H3. The van der Waals surface area contributed by atoms with Crippen molar-refractivity contribution in [2.75, 3.05) is 13.2 Å². The summed E-state index contributed by atoms with van der Waals surface area (Å²) in [6.45, 7) is 8.67. The van der Waals surface area contributed by atoms with Gasteiger partial charge in [0.15, 0.2) is 5.69 Å². The fourth-order valence-electron chi connectivity index (χ4n) is 1.92. The van der Waals surface area contributed by atoms with Crippen LogP contribution in [0, 0.1) is 6.92 Å². The highest BCUT2D eigenvalue weighted by atomic mass is 16.6. The molecule has 1 aromatic rings. The summed E-state index contributed by atoms with van der Waals surface area (Å²) in [4.78, 5) is 11.9. The van der Waals surface area contributed by atoms with E-state index in [0.29, 0.717) is 6.61 Å². The van der Waals surface area contributed by atoms with Gasteiger partial charge in [-0.15, -0.1) is 5.10 Å². The van der Waals surface area contributed by atoms with E-state index in [0.717, 1.165) is 18.7 Å². The van der Waals surface area contributed by atoms with Crippen LogP contribution in [0.5, 0.6) is 0 Å². The van der Waals surface area contributed by atoms with Gasteiger partial charge < -0.3 is 9.47 Å². The first-order valence-corrected chi connectivity index (χ1v) is 6.11. The predicted molar refractivity (Wildman–Crippen MR) is 64.4 cm³/mol. The topological polar surface area (TPSA) is 66.2 Å². The van der Waals surface area contributed by atoms with E-state index in [4.69, 9.17) is 9.47 Å². The highest BCUT2D eigenvalue weighted by Gasteiger charge is 2.27. The Morgan fingerprint density at radius 2 is 2.22 bits per heavy atom. The highest BCUT2D eigenvalue weighted by molar-refractivity contribution is 5.88. The van der Waals surface area contributed by atoms with Gasteiger partial charge in [-0.2, -0.15) is 0 Å². The lowest BCUT2D eigenvalue weighted by molar-refractivity contribution is 0.00618. The van der Waals surface area contributed by atoms with Crippen LogP contribution >= 0.6 is 0 Å². The third-order valence-corrected chi connectivity index (χ3v) is 2.77. The Morgan fingerprint density at radius 1 is 1.50 bits per heavy atom. The molecule has 0 aliphatic carbocycles. The molecule has 0 spiro atoms. The smallest absolute Gasteiger partial charge is 0.361 e. The average molecular weight is 253 g/mol. The van der Waals surface area contributed by atoms with Crippen molar-refractivity contribution in [3.05, 3.63) is 11.4 Å². The van der Waals surface area contributed by atoms with Gasteiger partial charge in [0.05, 0.1) is 18.3 Å². The van der Waals surface area contributed by atoms with Crippen molar-refractivity contribution in [1.82, 2.24) is 15.0 Å². The summed E-state index contributed by atoms with van der Waals surface area (Å²) in [6.07, 6.45) is 0.901. The Balaban J connectivity index is 2.17. The van der Waals surface area contributed by atoms with Crippen molar-refractivity contribution >= 4 is 5.97 Å². The van der Waals surface area contributed by atoms with Gasteiger partial charge in [-0.3, -0.25) is 0 Å². The fraction of sp³-hybridized carbons (Fsp3) is 0.750. The lowest BCUT2D eigenvalue weighted by Gasteiger charge is -2.18. The zero-order valence-corrected chi connectivity index (χ0v) is 11.3. The minimum Gasteiger partial charge on any atom is -0.455 e. The van der Waals surface area contributed by atoms with Crippen molar-refractivity contribution in [3.8, 4) is 0 Å². The Kier molecular flexibility index (Phi) is 3.38. The summed E-state index contributed by atoms with van der Waals surface area (Å²) in [6, 6.07) is 0.175. The molecule has 0 radical (unpaired) electrons. The van der Waals surface area contributed by atoms with Crippen LogP contribution in [0.2, 0.25) is 0 Å². The largest absolute Gasteiger partial charge is 0.455 e. The fourth-order valence-corrected chi connectivity index (χ4v) is 1.92. The van der Waals surface area contributed by atoms with E-state index in [2.05, 4.69) is 10.3 Å². The minimum absolute atomic E-state index is 0.175. The van der Waals surface area contributed by atoms with E-state index in [-0.39, 0.29) is 11.7 Å². The highest BCUT2D eigenvalue weighted by Crippen LogP contribution is 2.21. The number of aromatic nitrogens is 3. The number of carbonyl (C=O) groups is 1. The maximum Gasteiger partial charge on any atom is 0.361 e. The van der Waals surface area contributed by atoms with Gasteiger partial charge in [-0.05, 0) is 34.1 Å². The van der Waals surface area contributed by atoms with E-state index in [1.54, 1.807) is 4.68 Å². The van der Waals surface area contributed by atoms with Gasteiger partial charge in [0, 0.05) is 6.61 Å². The predicted octanol–water partition coefficient (Wildman–Crippen LogP) is 1.50. The summed E-state index contributed by atoms with van der Waals surface area (Å²) >= 11 is 0. The van der Waals surface area contributed by atoms with Crippen LogP contribution in [0.25, 0.3) is 0 Å². The Labute approximate surface area is 106 Å². The summed E-state index contributed by atoms with van der Waals surface area (Å²) in [5.74, 6) is -0.426. The second-order valence-corrected chi connectivity index (χ2v) is 5.49. The summed E-state index contributed by atoms with van der Waals surface area (Å²) in [7, 11) is 0. The van der Waals surface area contributed by atoms with Gasteiger partial charge in [0.1, 0.15) is 5.60 Å². The molecule has 0 amide bonds. The molecule has 1 fully saturated rings. The van der Waals surface area contributed by atoms with Crippen molar-refractivity contribution in [1.29, 1.82) is 0 Å². The zero-order chi connectivity index (χ0) is 13.3. The van der Waals surface area contributed by atoms with Gasteiger partial charge in [-0.25, -0.2) is 9.48 Å². The van der Waals surface area contributed by atoms with Crippen LogP contribution in [0.15, 0.2) is 0 Å². The van der Waals surface area contributed by atoms with E-state index in [1.807, 2.05) is 27.7 Å². The molecular weight excluding hydrogens is 234 g/mol. The van der Waals surface area contributed by atoms with E-state index < -0.39 is 11.6 Å². The number of rotatable bonds is 2. The van der Waals surface area contributed by atoms with Crippen LogP contribution in [-0.4, -0.2) is 39.8 Å². The molecule has 1 aliphatic rings. The number of hydrogen-bond acceptors (Lipinski definition) is 5. The van der Waals surface area contributed by atoms with Crippen LogP contribution in [0.4, 0.5) is 0 Å². The molecule has 0 saturated carbocycles.